The minimum absolute atomic E-state index is 0.103. The van der Waals surface area contributed by atoms with Gasteiger partial charge in [-0.05, 0) is 31.0 Å². The van der Waals surface area contributed by atoms with Gasteiger partial charge < -0.3 is 10.1 Å². The molecule has 0 radical (unpaired) electrons. The third-order valence-corrected chi connectivity index (χ3v) is 2.31. The van der Waals surface area contributed by atoms with Crippen molar-refractivity contribution in [1.82, 2.24) is 10.3 Å². The third-order valence-electron chi connectivity index (χ3n) is 2.31. The Morgan fingerprint density at radius 2 is 2.40 bits per heavy atom. The number of hydrogen-bond donors (Lipinski definition) is 1. The largest absolute Gasteiger partial charge is 0.372 e. The molecule has 1 amide bonds. The highest BCUT2D eigenvalue weighted by molar-refractivity contribution is 5.80. The normalized spacial score (nSPS) is 12.2. The summed E-state index contributed by atoms with van der Waals surface area (Å²) in [5.41, 5.74) is 2.14. The fourth-order valence-electron chi connectivity index (χ4n) is 1.13. The van der Waals surface area contributed by atoms with Crippen molar-refractivity contribution in [1.29, 1.82) is 0 Å². The van der Waals surface area contributed by atoms with E-state index in [1.165, 1.54) is 7.11 Å². The molecule has 1 rings (SSSR count). The molecule has 1 aromatic heterocycles. The van der Waals surface area contributed by atoms with Crippen LogP contribution in [0.5, 0.6) is 0 Å². The molecule has 0 aromatic carbocycles. The van der Waals surface area contributed by atoms with Crippen LogP contribution in [-0.2, 0) is 16.1 Å². The number of aromatic nitrogens is 1. The summed E-state index contributed by atoms with van der Waals surface area (Å²) in [7, 11) is 1.52. The summed E-state index contributed by atoms with van der Waals surface area (Å²) in [4.78, 5) is 15.4. The average Bonchev–Trinajstić information content (AvgIpc) is 2.26. The van der Waals surface area contributed by atoms with Crippen LogP contribution in [0.2, 0.25) is 0 Å². The molecule has 0 aliphatic heterocycles. The number of aryl methyl sites for hydroxylation is 1. The minimum atomic E-state index is -0.410. The van der Waals surface area contributed by atoms with Crippen molar-refractivity contribution in [2.75, 3.05) is 7.11 Å². The van der Waals surface area contributed by atoms with Crippen LogP contribution < -0.4 is 5.32 Å². The molecule has 1 heterocycles. The van der Waals surface area contributed by atoms with E-state index in [9.17, 15) is 4.79 Å². The number of hydrogen-bond acceptors (Lipinski definition) is 3. The maximum absolute atomic E-state index is 11.4. The van der Waals surface area contributed by atoms with Gasteiger partial charge in [0.1, 0.15) is 6.10 Å². The number of pyridine rings is 1. The van der Waals surface area contributed by atoms with E-state index in [0.29, 0.717) is 6.54 Å². The average molecular weight is 208 g/mol. The van der Waals surface area contributed by atoms with E-state index in [-0.39, 0.29) is 5.91 Å². The molecule has 1 unspecified atom stereocenters. The Morgan fingerprint density at radius 1 is 1.67 bits per heavy atom. The molecule has 4 heteroatoms. The van der Waals surface area contributed by atoms with E-state index in [1.807, 2.05) is 13.0 Å². The highest BCUT2D eigenvalue weighted by Crippen LogP contribution is 2.04. The van der Waals surface area contributed by atoms with Crippen LogP contribution >= 0.6 is 0 Å². The summed E-state index contributed by atoms with van der Waals surface area (Å²) in [5.74, 6) is -0.103. The van der Waals surface area contributed by atoms with Crippen molar-refractivity contribution in [3.63, 3.8) is 0 Å². The number of nitrogens with one attached hydrogen (secondary N) is 1. The summed E-state index contributed by atoms with van der Waals surface area (Å²) in [6.45, 7) is 4.20. The van der Waals surface area contributed by atoms with E-state index in [2.05, 4.69) is 10.3 Å². The van der Waals surface area contributed by atoms with Gasteiger partial charge in [-0.15, -0.1) is 0 Å². The predicted molar refractivity (Wildman–Crippen MR) is 57.3 cm³/mol. The molecule has 0 spiro atoms. The quantitative estimate of drug-likeness (QED) is 0.804. The van der Waals surface area contributed by atoms with Gasteiger partial charge in [-0.25, -0.2) is 0 Å². The second kappa shape index (κ2) is 5.46. The fraction of sp³-hybridized carbons (Fsp3) is 0.455. The first-order valence-electron chi connectivity index (χ1n) is 4.85. The number of rotatable bonds is 4. The Hall–Kier alpha value is -1.42. The lowest BCUT2D eigenvalue weighted by Gasteiger charge is -2.11. The van der Waals surface area contributed by atoms with Crippen molar-refractivity contribution < 1.29 is 9.53 Å². The van der Waals surface area contributed by atoms with Crippen molar-refractivity contribution in [3.8, 4) is 0 Å². The molecule has 0 fully saturated rings. The first-order valence-corrected chi connectivity index (χ1v) is 4.85. The molecule has 0 saturated heterocycles. The molecule has 4 nitrogen and oxygen atoms in total. The monoisotopic (exact) mass is 208 g/mol. The first-order chi connectivity index (χ1) is 7.15. The molecule has 1 atom stereocenters. The first kappa shape index (κ1) is 11.7. The van der Waals surface area contributed by atoms with Gasteiger partial charge in [0, 0.05) is 26.0 Å². The maximum atomic E-state index is 11.4. The molecule has 0 aliphatic rings. The SMILES string of the molecule is COC(C)C(=O)NCc1ccncc1C. The number of carbonyl (C=O) groups is 1. The fourth-order valence-corrected chi connectivity index (χ4v) is 1.13. The molecule has 0 aliphatic carbocycles. The number of amides is 1. The molecular weight excluding hydrogens is 192 g/mol. The number of nitrogens with zero attached hydrogens (tertiary/aromatic N) is 1. The molecule has 1 N–H and O–H groups in total. The molecular formula is C11H16N2O2. The van der Waals surface area contributed by atoms with E-state index in [0.717, 1.165) is 11.1 Å². The van der Waals surface area contributed by atoms with Crippen LogP contribution in [0, 0.1) is 6.92 Å². The predicted octanol–water partition coefficient (Wildman–Crippen LogP) is 1.04. The lowest BCUT2D eigenvalue weighted by atomic mass is 10.1. The van der Waals surface area contributed by atoms with Gasteiger partial charge >= 0.3 is 0 Å². The summed E-state index contributed by atoms with van der Waals surface area (Å²) in [6.07, 6.45) is 3.09. The van der Waals surface area contributed by atoms with Gasteiger partial charge in [-0.3, -0.25) is 9.78 Å². The van der Waals surface area contributed by atoms with Gasteiger partial charge in [-0.2, -0.15) is 0 Å². The molecule has 1 aromatic rings. The number of ether oxygens (including phenoxy) is 1. The zero-order valence-electron chi connectivity index (χ0n) is 9.28. The highest BCUT2D eigenvalue weighted by atomic mass is 16.5. The number of carbonyl (C=O) groups excluding carboxylic acids is 1. The Balaban J connectivity index is 2.51. The van der Waals surface area contributed by atoms with Gasteiger partial charge in [-0.1, -0.05) is 0 Å². The zero-order valence-corrected chi connectivity index (χ0v) is 9.28. The van der Waals surface area contributed by atoms with Crippen LogP contribution in [0.25, 0.3) is 0 Å². The summed E-state index contributed by atoms with van der Waals surface area (Å²) < 4.78 is 4.91. The standard InChI is InChI=1S/C11H16N2O2/c1-8-6-12-5-4-10(8)7-13-11(14)9(2)15-3/h4-6,9H,7H2,1-3H3,(H,13,14). The minimum Gasteiger partial charge on any atom is -0.372 e. The van der Waals surface area contributed by atoms with E-state index < -0.39 is 6.10 Å². The summed E-state index contributed by atoms with van der Waals surface area (Å²) in [6, 6.07) is 1.90. The van der Waals surface area contributed by atoms with Gasteiger partial charge in [0.05, 0.1) is 0 Å². The van der Waals surface area contributed by atoms with Gasteiger partial charge in [0.25, 0.3) is 0 Å². The van der Waals surface area contributed by atoms with Crippen molar-refractivity contribution in [3.05, 3.63) is 29.6 Å². The summed E-state index contributed by atoms with van der Waals surface area (Å²) in [5, 5.41) is 2.80. The van der Waals surface area contributed by atoms with Crippen molar-refractivity contribution >= 4 is 5.91 Å². The van der Waals surface area contributed by atoms with E-state index >= 15 is 0 Å². The van der Waals surface area contributed by atoms with Gasteiger partial charge in [0.15, 0.2) is 0 Å². The third kappa shape index (κ3) is 3.32. The van der Waals surface area contributed by atoms with Crippen molar-refractivity contribution in [2.45, 2.75) is 26.5 Å². The molecule has 0 bridgehead atoms. The van der Waals surface area contributed by atoms with Crippen molar-refractivity contribution in [2.24, 2.45) is 0 Å². The van der Waals surface area contributed by atoms with Crippen LogP contribution in [0.1, 0.15) is 18.1 Å². The maximum Gasteiger partial charge on any atom is 0.249 e. The molecule has 15 heavy (non-hydrogen) atoms. The zero-order chi connectivity index (χ0) is 11.3. The lowest BCUT2D eigenvalue weighted by Crippen LogP contribution is -2.33. The highest BCUT2D eigenvalue weighted by Gasteiger charge is 2.10. The second-order valence-electron chi connectivity index (χ2n) is 3.40. The smallest absolute Gasteiger partial charge is 0.249 e. The van der Waals surface area contributed by atoms with E-state index in [1.54, 1.807) is 19.3 Å². The van der Waals surface area contributed by atoms with E-state index in [4.69, 9.17) is 4.74 Å². The second-order valence-corrected chi connectivity index (χ2v) is 3.40. The van der Waals surface area contributed by atoms with Crippen LogP contribution in [0.4, 0.5) is 0 Å². The van der Waals surface area contributed by atoms with Crippen LogP contribution in [0.3, 0.4) is 0 Å². The topological polar surface area (TPSA) is 51.2 Å². The number of methoxy groups -OCH3 is 1. The van der Waals surface area contributed by atoms with Crippen LogP contribution in [-0.4, -0.2) is 24.1 Å². The molecule has 82 valence electrons. The van der Waals surface area contributed by atoms with Crippen LogP contribution in [0.15, 0.2) is 18.5 Å². The Kier molecular flexibility index (Phi) is 4.24. The Bertz CT molecular complexity index is 339. The summed E-state index contributed by atoms with van der Waals surface area (Å²) >= 11 is 0. The Morgan fingerprint density at radius 3 is 3.00 bits per heavy atom. The Labute approximate surface area is 89.7 Å². The lowest BCUT2D eigenvalue weighted by molar-refractivity contribution is -0.130. The van der Waals surface area contributed by atoms with Gasteiger partial charge in [0.2, 0.25) is 5.91 Å². The molecule has 0 saturated carbocycles.